The summed E-state index contributed by atoms with van der Waals surface area (Å²) in [5, 5.41) is 0.907. The minimum atomic E-state index is -0.215. The number of hydrogen-bond donors (Lipinski definition) is 1. The molecule has 0 aliphatic heterocycles. The van der Waals surface area contributed by atoms with Gasteiger partial charge in [-0.3, -0.25) is 4.79 Å². The normalized spacial score (nSPS) is 17.6. The standard InChI is InChI=1S/C14H16N2OS/c15-14(6-3-7-14)9-10(17)8-13-16-11-4-1-2-5-12(11)18-13/h1-2,4-5H,3,6-9,15H2. The lowest BCUT2D eigenvalue weighted by Gasteiger charge is -2.37. The Morgan fingerprint density at radius 1 is 1.39 bits per heavy atom. The molecule has 0 saturated heterocycles. The quantitative estimate of drug-likeness (QED) is 0.919. The Morgan fingerprint density at radius 2 is 2.17 bits per heavy atom. The molecule has 1 heterocycles. The molecule has 4 heteroatoms. The number of nitrogens with zero attached hydrogens (tertiary/aromatic N) is 1. The first kappa shape index (κ1) is 11.8. The van der Waals surface area contributed by atoms with Crippen molar-refractivity contribution >= 4 is 27.3 Å². The van der Waals surface area contributed by atoms with Gasteiger partial charge in [0.15, 0.2) is 0 Å². The number of nitrogens with two attached hydrogens (primary N) is 1. The zero-order chi connectivity index (χ0) is 12.6. The molecule has 1 aliphatic rings. The number of fused-ring (bicyclic) bond motifs is 1. The molecule has 94 valence electrons. The van der Waals surface area contributed by atoms with Gasteiger partial charge < -0.3 is 5.73 Å². The second-order valence-electron chi connectivity index (χ2n) is 5.18. The highest BCUT2D eigenvalue weighted by molar-refractivity contribution is 7.18. The zero-order valence-corrected chi connectivity index (χ0v) is 11.0. The maximum absolute atomic E-state index is 12.0. The van der Waals surface area contributed by atoms with E-state index in [1.165, 1.54) is 0 Å². The van der Waals surface area contributed by atoms with E-state index in [9.17, 15) is 4.79 Å². The van der Waals surface area contributed by atoms with Gasteiger partial charge in [0, 0.05) is 12.0 Å². The minimum Gasteiger partial charge on any atom is -0.325 e. The third-order valence-electron chi connectivity index (χ3n) is 3.59. The van der Waals surface area contributed by atoms with E-state index < -0.39 is 0 Å². The van der Waals surface area contributed by atoms with Crippen molar-refractivity contribution in [2.24, 2.45) is 5.73 Å². The van der Waals surface area contributed by atoms with Crippen LogP contribution in [0, 0.1) is 0 Å². The summed E-state index contributed by atoms with van der Waals surface area (Å²) in [6, 6.07) is 7.99. The van der Waals surface area contributed by atoms with Gasteiger partial charge in [-0.2, -0.15) is 0 Å². The first-order chi connectivity index (χ1) is 8.65. The Hall–Kier alpha value is -1.26. The molecule has 18 heavy (non-hydrogen) atoms. The van der Waals surface area contributed by atoms with E-state index in [-0.39, 0.29) is 11.3 Å². The van der Waals surface area contributed by atoms with Gasteiger partial charge in [-0.15, -0.1) is 11.3 Å². The lowest BCUT2D eigenvalue weighted by molar-refractivity contribution is -0.120. The molecule has 3 nitrogen and oxygen atoms in total. The lowest BCUT2D eigenvalue weighted by Crippen LogP contribution is -2.48. The molecule has 1 saturated carbocycles. The van der Waals surface area contributed by atoms with Crippen LogP contribution in [0.4, 0.5) is 0 Å². The van der Waals surface area contributed by atoms with Crippen LogP contribution < -0.4 is 5.73 Å². The van der Waals surface area contributed by atoms with Gasteiger partial charge in [-0.05, 0) is 31.4 Å². The maximum Gasteiger partial charge on any atom is 0.141 e. The maximum atomic E-state index is 12.0. The largest absolute Gasteiger partial charge is 0.325 e. The summed E-state index contributed by atoms with van der Waals surface area (Å²) in [5.41, 5.74) is 6.86. The van der Waals surface area contributed by atoms with Crippen LogP contribution in [-0.2, 0) is 11.2 Å². The van der Waals surface area contributed by atoms with Crippen LogP contribution in [0.1, 0.15) is 30.7 Å². The molecule has 0 radical (unpaired) electrons. The highest BCUT2D eigenvalue weighted by atomic mass is 32.1. The average molecular weight is 260 g/mol. The van der Waals surface area contributed by atoms with Crippen molar-refractivity contribution < 1.29 is 4.79 Å². The summed E-state index contributed by atoms with van der Waals surface area (Å²) in [6.45, 7) is 0. The van der Waals surface area contributed by atoms with E-state index in [2.05, 4.69) is 4.98 Å². The summed E-state index contributed by atoms with van der Waals surface area (Å²) < 4.78 is 1.14. The fourth-order valence-corrected chi connectivity index (χ4v) is 3.42. The average Bonchev–Trinajstić information content (AvgIpc) is 2.68. The highest BCUT2D eigenvalue weighted by Crippen LogP contribution is 2.33. The van der Waals surface area contributed by atoms with Gasteiger partial charge in [0.1, 0.15) is 10.8 Å². The van der Waals surface area contributed by atoms with Crippen LogP contribution in [-0.4, -0.2) is 16.3 Å². The van der Waals surface area contributed by atoms with E-state index in [1.54, 1.807) is 11.3 Å². The van der Waals surface area contributed by atoms with E-state index in [0.29, 0.717) is 12.8 Å². The summed E-state index contributed by atoms with van der Waals surface area (Å²) >= 11 is 1.60. The van der Waals surface area contributed by atoms with Crippen LogP contribution in [0.15, 0.2) is 24.3 Å². The Balaban J connectivity index is 1.70. The summed E-state index contributed by atoms with van der Waals surface area (Å²) in [4.78, 5) is 16.5. The zero-order valence-electron chi connectivity index (χ0n) is 10.2. The van der Waals surface area contributed by atoms with Gasteiger partial charge in [0.2, 0.25) is 0 Å². The predicted octanol–water partition coefficient (Wildman–Crippen LogP) is 2.68. The lowest BCUT2D eigenvalue weighted by atomic mass is 9.74. The summed E-state index contributed by atoms with van der Waals surface area (Å²) in [7, 11) is 0. The van der Waals surface area contributed by atoms with E-state index in [4.69, 9.17) is 5.73 Å². The third kappa shape index (κ3) is 2.31. The van der Waals surface area contributed by atoms with Gasteiger partial charge in [0.25, 0.3) is 0 Å². The van der Waals surface area contributed by atoms with Crippen LogP contribution in [0.25, 0.3) is 10.2 Å². The van der Waals surface area contributed by atoms with Crippen molar-refractivity contribution in [3.05, 3.63) is 29.3 Å². The molecule has 1 aliphatic carbocycles. The minimum absolute atomic E-state index is 0.215. The number of benzene rings is 1. The molecule has 0 amide bonds. The number of ketones is 1. The van der Waals surface area contributed by atoms with Crippen molar-refractivity contribution in [3.63, 3.8) is 0 Å². The fourth-order valence-electron chi connectivity index (χ4n) is 2.43. The molecule has 0 bridgehead atoms. The van der Waals surface area contributed by atoms with Gasteiger partial charge in [0.05, 0.1) is 16.6 Å². The second-order valence-corrected chi connectivity index (χ2v) is 6.30. The molecule has 0 unspecified atom stereocenters. The molecule has 0 spiro atoms. The SMILES string of the molecule is NC1(CC(=O)Cc2nc3ccccc3s2)CCC1. The summed E-state index contributed by atoms with van der Waals surface area (Å²) in [5.74, 6) is 0.219. The number of carbonyl (C=O) groups is 1. The molecule has 2 N–H and O–H groups in total. The van der Waals surface area contributed by atoms with Crippen molar-refractivity contribution in [2.75, 3.05) is 0 Å². The number of rotatable bonds is 4. The Kier molecular flexibility index (Phi) is 2.92. The Bertz CT molecular complexity index is 553. The van der Waals surface area contributed by atoms with E-state index >= 15 is 0 Å². The first-order valence-electron chi connectivity index (χ1n) is 6.30. The van der Waals surface area contributed by atoms with E-state index in [0.717, 1.165) is 34.5 Å². The molecule has 1 fully saturated rings. The topological polar surface area (TPSA) is 56.0 Å². The predicted molar refractivity (Wildman–Crippen MR) is 73.7 cm³/mol. The number of aromatic nitrogens is 1. The molecule has 1 aromatic heterocycles. The molecule has 1 aromatic carbocycles. The molecule has 0 atom stereocenters. The molecule has 3 rings (SSSR count). The first-order valence-corrected chi connectivity index (χ1v) is 7.11. The second kappa shape index (κ2) is 4.44. The number of thiazole rings is 1. The number of carbonyl (C=O) groups excluding carboxylic acids is 1. The number of Topliss-reactive ketones (excluding diaryl/α,β-unsaturated/α-hetero) is 1. The summed E-state index contributed by atoms with van der Waals surface area (Å²) in [6.07, 6.45) is 4.06. The fraction of sp³-hybridized carbons (Fsp3) is 0.429. The molecular weight excluding hydrogens is 244 g/mol. The van der Waals surface area contributed by atoms with Crippen molar-refractivity contribution in [2.45, 2.75) is 37.6 Å². The third-order valence-corrected chi connectivity index (χ3v) is 4.62. The van der Waals surface area contributed by atoms with E-state index in [1.807, 2.05) is 24.3 Å². The van der Waals surface area contributed by atoms with Gasteiger partial charge in [-0.25, -0.2) is 4.98 Å². The van der Waals surface area contributed by atoms with Crippen molar-refractivity contribution in [3.8, 4) is 0 Å². The molecular formula is C14H16N2OS. The highest BCUT2D eigenvalue weighted by Gasteiger charge is 2.34. The Morgan fingerprint density at radius 3 is 2.83 bits per heavy atom. The Labute approximate surface area is 110 Å². The van der Waals surface area contributed by atoms with Gasteiger partial charge in [-0.1, -0.05) is 12.1 Å². The van der Waals surface area contributed by atoms with Gasteiger partial charge >= 0.3 is 0 Å². The van der Waals surface area contributed by atoms with Crippen molar-refractivity contribution in [1.82, 2.24) is 4.98 Å². The monoisotopic (exact) mass is 260 g/mol. The smallest absolute Gasteiger partial charge is 0.141 e. The van der Waals surface area contributed by atoms with Crippen LogP contribution in [0.3, 0.4) is 0 Å². The molecule has 2 aromatic rings. The number of para-hydroxylation sites is 1. The van der Waals surface area contributed by atoms with Crippen LogP contribution >= 0.6 is 11.3 Å². The van der Waals surface area contributed by atoms with Crippen molar-refractivity contribution in [1.29, 1.82) is 0 Å². The van der Waals surface area contributed by atoms with Crippen LogP contribution in [0.2, 0.25) is 0 Å². The number of hydrogen-bond acceptors (Lipinski definition) is 4. The van der Waals surface area contributed by atoms with Crippen LogP contribution in [0.5, 0.6) is 0 Å².